The molecule has 0 aliphatic rings. The van der Waals surface area contributed by atoms with Gasteiger partial charge < -0.3 is 0 Å². The van der Waals surface area contributed by atoms with Gasteiger partial charge in [-0.2, -0.15) is 0 Å². The highest BCUT2D eigenvalue weighted by Gasteiger charge is 1.99. The molecule has 0 radical (unpaired) electrons. The lowest BCUT2D eigenvalue weighted by Gasteiger charge is -2.05. The average Bonchev–Trinajstić information content (AvgIpc) is 2.11. The van der Waals surface area contributed by atoms with Crippen LogP contribution in [0.4, 0.5) is 0 Å². The third-order valence-corrected chi connectivity index (χ3v) is 2.90. The lowest BCUT2D eigenvalue weighted by atomic mass is 10.0. The Morgan fingerprint density at radius 3 is 2.43 bits per heavy atom. The van der Waals surface area contributed by atoms with E-state index in [0.717, 1.165) is 0 Å². The van der Waals surface area contributed by atoms with E-state index < -0.39 is 0 Å². The monoisotopic (exact) mass is 208 g/mol. The van der Waals surface area contributed by atoms with Crippen LogP contribution in [0.2, 0.25) is 0 Å². The molecule has 0 fully saturated rings. The van der Waals surface area contributed by atoms with Gasteiger partial charge in [-0.05, 0) is 44.4 Å². The summed E-state index contributed by atoms with van der Waals surface area (Å²) >= 11 is 5.98. The molecule has 0 bridgehead atoms. The number of hydrogen-bond donors (Lipinski definition) is 0. The Labute approximate surface area is 91.6 Å². The fourth-order valence-electron chi connectivity index (χ4n) is 1.23. The third kappa shape index (κ3) is 2.88. The van der Waals surface area contributed by atoms with E-state index in [1.165, 1.54) is 22.3 Å². The van der Waals surface area contributed by atoms with Gasteiger partial charge in [0, 0.05) is 0 Å². The second kappa shape index (κ2) is 4.65. The van der Waals surface area contributed by atoms with Crippen molar-refractivity contribution in [3.8, 4) is 0 Å². The number of aryl methyl sites for hydroxylation is 2. The Morgan fingerprint density at radius 1 is 1.29 bits per heavy atom. The lowest BCUT2D eigenvalue weighted by Crippen LogP contribution is -1.92. The standard InChI is InChI=1S/C13H17Cl/c1-9-5-6-13(7-10(9)2)8-11(3)12(4)14/h5-8,12H,1-4H3/b11-8+. The van der Waals surface area contributed by atoms with Gasteiger partial charge in [0.1, 0.15) is 0 Å². The highest BCUT2D eigenvalue weighted by molar-refractivity contribution is 6.22. The predicted molar refractivity (Wildman–Crippen MR) is 64.9 cm³/mol. The molecular formula is C13H17Cl. The van der Waals surface area contributed by atoms with Crippen LogP contribution < -0.4 is 0 Å². The fraction of sp³-hybridized carbons (Fsp3) is 0.385. The maximum atomic E-state index is 5.98. The second-order valence-electron chi connectivity index (χ2n) is 3.85. The molecular weight excluding hydrogens is 192 g/mol. The minimum atomic E-state index is 0.108. The van der Waals surface area contributed by atoms with Gasteiger partial charge in [0.25, 0.3) is 0 Å². The number of halogens is 1. The highest BCUT2D eigenvalue weighted by atomic mass is 35.5. The van der Waals surface area contributed by atoms with Crippen LogP contribution in [-0.4, -0.2) is 5.38 Å². The van der Waals surface area contributed by atoms with Gasteiger partial charge in [-0.15, -0.1) is 11.6 Å². The van der Waals surface area contributed by atoms with E-state index in [-0.39, 0.29) is 5.38 Å². The van der Waals surface area contributed by atoms with Crippen molar-refractivity contribution in [1.29, 1.82) is 0 Å². The molecule has 0 aromatic heterocycles. The van der Waals surface area contributed by atoms with Crippen molar-refractivity contribution in [3.05, 3.63) is 40.5 Å². The molecule has 0 amide bonds. The summed E-state index contributed by atoms with van der Waals surface area (Å²) in [5.74, 6) is 0. The molecule has 0 nitrogen and oxygen atoms in total. The summed E-state index contributed by atoms with van der Waals surface area (Å²) in [6.45, 7) is 8.31. The summed E-state index contributed by atoms with van der Waals surface area (Å²) in [4.78, 5) is 0. The zero-order valence-corrected chi connectivity index (χ0v) is 10.0. The number of alkyl halides is 1. The van der Waals surface area contributed by atoms with Crippen LogP contribution in [0.1, 0.15) is 30.5 Å². The quantitative estimate of drug-likeness (QED) is 0.635. The zero-order chi connectivity index (χ0) is 10.7. The predicted octanol–water partition coefficient (Wildman–Crippen LogP) is 4.33. The summed E-state index contributed by atoms with van der Waals surface area (Å²) in [5.41, 5.74) is 5.10. The summed E-state index contributed by atoms with van der Waals surface area (Å²) < 4.78 is 0. The summed E-state index contributed by atoms with van der Waals surface area (Å²) in [6.07, 6.45) is 2.14. The molecule has 0 saturated carbocycles. The molecule has 14 heavy (non-hydrogen) atoms. The van der Waals surface area contributed by atoms with Crippen LogP contribution in [0.15, 0.2) is 23.8 Å². The van der Waals surface area contributed by atoms with Crippen LogP contribution in [0, 0.1) is 13.8 Å². The molecule has 1 atom stereocenters. The van der Waals surface area contributed by atoms with E-state index in [1.54, 1.807) is 0 Å². The Morgan fingerprint density at radius 2 is 1.93 bits per heavy atom. The smallest absolute Gasteiger partial charge is 0.0517 e. The van der Waals surface area contributed by atoms with Crippen molar-refractivity contribution in [2.24, 2.45) is 0 Å². The maximum Gasteiger partial charge on any atom is 0.0517 e. The van der Waals surface area contributed by atoms with Crippen LogP contribution in [-0.2, 0) is 0 Å². The minimum absolute atomic E-state index is 0.108. The normalized spacial score (nSPS) is 14.2. The molecule has 0 aliphatic carbocycles. The number of rotatable bonds is 2. The first-order chi connectivity index (χ1) is 6.50. The van der Waals surface area contributed by atoms with Gasteiger partial charge in [0.2, 0.25) is 0 Å². The summed E-state index contributed by atoms with van der Waals surface area (Å²) in [5, 5.41) is 0.108. The van der Waals surface area contributed by atoms with Gasteiger partial charge in [-0.25, -0.2) is 0 Å². The summed E-state index contributed by atoms with van der Waals surface area (Å²) in [6, 6.07) is 6.47. The molecule has 0 spiro atoms. The van der Waals surface area contributed by atoms with Crippen molar-refractivity contribution in [3.63, 3.8) is 0 Å². The molecule has 76 valence electrons. The first-order valence-electron chi connectivity index (χ1n) is 4.90. The van der Waals surface area contributed by atoms with E-state index in [9.17, 15) is 0 Å². The molecule has 1 unspecified atom stereocenters. The lowest BCUT2D eigenvalue weighted by molar-refractivity contribution is 1.12. The van der Waals surface area contributed by atoms with Crippen molar-refractivity contribution in [2.45, 2.75) is 33.1 Å². The van der Waals surface area contributed by atoms with Crippen molar-refractivity contribution in [1.82, 2.24) is 0 Å². The number of benzene rings is 1. The molecule has 0 N–H and O–H groups in total. The Kier molecular flexibility index (Phi) is 3.77. The van der Waals surface area contributed by atoms with E-state index in [1.807, 2.05) is 6.92 Å². The van der Waals surface area contributed by atoms with Gasteiger partial charge in [-0.1, -0.05) is 29.8 Å². The van der Waals surface area contributed by atoms with Crippen LogP contribution >= 0.6 is 11.6 Å². The number of hydrogen-bond acceptors (Lipinski definition) is 0. The first-order valence-corrected chi connectivity index (χ1v) is 5.34. The summed E-state index contributed by atoms with van der Waals surface area (Å²) in [7, 11) is 0. The average molecular weight is 209 g/mol. The maximum absolute atomic E-state index is 5.98. The fourth-order valence-corrected chi connectivity index (χ4v) is 1.30. The Hall–Kier alpha value is -0.750. The van der Waals surface area contributed by atoms with Crippen LogP contribution in [0.5, 0.6) is 0 Å². The van der Waals surface area contributed by atoms with Gasteiger partial charge in [-0.3, -0.25) is 0 Å². The topological polar surface area (TPSA) is 0 Å². The second-order valence-corrected chi connectivity index (χ2v) is 4.50. The Balaban J connectivity index is 2.98. The van der Waals surface area contributed by atoms with E-state index in [2.05, 4.69) is 45.0 Å². The molecule has 0 saturated heterocycles. The molecule has 1 aromatic rings. The van der Waals surface area contributed by atoms with Gasteiger partial charge in [0.05, 0.1) is 5.38 Å². The highest BCUT2D eigenvalue weighted by Crippen LogP contribution is 2.16. The van der Waals surface area contributed by atoms with Crippen molar-refractivity contribution >= 4 is 17.7 Å². The molecule has 1 rings (SSSR count). The van der Waals surface area contributed by atoms with Crippen LogP contribution in [0.3, 0.4) is 0 Å². The molecule has 0 heterocycles. The zero-order valence-electron chi connectivity index (χ0n) is 9.26. The third-order valence-electron chi connectivity index (χ3n) is 2.55. The van der Waals surface area contributed by atoms with Crippen molar-refractivity contribution in [2.75, 3.05) is 0 Å². The molecule has 1 aromatic carbocycles. The molecule has 0 aliphatic heterocycles. The van der Waals surface area contributed by atoms with E-state index >= 15 is 0 Å². The SMILES string of the molecule is C/C(=C\c1ccc(C)c(C)c1)C(C)Cl. The van der Waals surface area contributed by atoms with Gasteiger partial charge >= 0.3 is 0 Å². The number of allylic oxidation sites excluding steroid dienone is 1. The van der Waals surface area contributed by atoms with E-state index in [0.29, 0.717) is 0 Å². The van der Waals surface area contributed by atoms with Gasteiger partial charge in [0.15, 0.2) is 0 Å². The minimum Gasteiger partial charge on any atom is -0.118 e. The molecule has 1 heteroatoms. The van der Waals surface area contributed by atoms with Crippen LogP contribution in [0.25, 0.3) is 6.08 Å². The van der Waals surface area contributed by atoms with E-state index in [4.69, 9.17) is 11.6 Å². The largest absolute Gasteiger partial charge is 0.118 e. The first kappa shape index (κ1) is 11.3. The Bertz CT molecular complexity index is 348. The van der Waals surface area contributed by atoms with Crippen molar-refractivity contribution < 1.29 is 0 Å².